The zero-order chi connectivity index (χ0) is 19.6. The second kappa shape index (κ2) is 8.23. The third-order valence-electron chi connectivity index (χ3n) is 4.60. The molecule has 7 heteroatoms. The second-order valence-corrected chi connectivity index (χ2v) is 8.02. The fraction of sp³-hybridized carbons (Fsp3) is 0.350. The number of ether oxygens (including phenoxy) is 1. The highest BCUT2D eigenvalue weighted by Crippen LogP contribution is 2.28. The van der Waals surface area contributed by atoms with Crippen LogP contribution in [0.2, 0.25) is 5.02 Å². The molecule has 1 atom stereocenters. The summed E-state index contributed by atoms with van der Waals surface area (Å²) >= 11 is 7.40. The molecule has 3 aromatic rings. The Hall–Kier alpha value is -2.18. The highest BCUT2D eigenvalue weighted by molar-refractivity contribution is 7.20. The van der Waals surface area contributed by atoms with Crippen molar-refractivity contribution >= 4 is 39.1 Å². The van der Waals surface area contributed by atoms with Crippen molar-refractivity contribution in [1.29, 1.82) is 0 Å². The van der Waals surface area contributed by atoms with Crippen molar-refractivity contribution in [2.45, 2.75) is 33.7 Å². The third kappa shape index (κ3) is 4.06. The molecule has 5 nitrogen and oxygen atoms in total. The summed E-state index contributed by atoms with van der Waals surface area (Å²) in [6, 6.07) is 7.38. The Labute approximate surface area is 166 Å². The number of carbonyl (C=O) groups excluding carboxylic acids is 1. The highest BCUT2D eigenvalue weighted by atomic mass is 35.5. The van der Waals surface area contributed by atoms with Crippen molar-refractivity contribution in [3.8, 4) is 0 Å². The SMILES string of the molecule is CCC(C)COC(=O)c1sc2ncn(Cc3ccccc3Cl)c(=O)c2c1C. The van der Waals surface area contributed by atoms with E-state index in [1.54, 1.807) is 13.0 Å². The van der Waals surface area contributed by atoms with E-state index in [0.717, 1.165) is 12.0 Å². The first-order valence-electron chi connectivity index (χ1n) is 8.81. The summed E-state index contributed by atoms with van der Waals surface area (Å²) in [6.45, 7) is 6.54. The predicted molar refractivity (Wildman–Crippen MR) is 109 cm³/mol. The van der Waals surface area contributed by atoms with Crippen LogP contribution < -0.4 is 5.56 Å². The van der Waals surface area contributed by atoms with Crippen molar-refractivity contribution < 1.29 is 9.53 Å². The number of esters is 1. The van der Waals surface area contributed by atoms with Crippen LogP contribution >= 0.6 is 22.9 Å². The maximum atomic E-state index is 12.9. The van der Waals surface area contributed by atoms with Gasteiger partial charge in [0.2, 0.25) is 0 Å². The number of thiophene rings is 1. The van der Waals surface area contributed by atoms with Crippen LogP contribution in [0.15, 0.2) is 35.4 Å². The Balaban J connectivity index is 1.94. The number of aryl methyl sites for hydroxylation is 1. The molecule has 0 saturated carbocycles. The number of carbonyl (C=O) groups is 1. The molecule has 27 heavy (non-hydrogen) atoms. The third-order valence-corrected chi connectivity index (χ3v) is 6.15. The predicted octanol–water partition coefficient (Wildman–Crippen LogP) is 4.67. The van der Waals surface area contributed by atoms with Gasteiger partial charge in [-0.25, -0.2) is 9.78 Å². The molecule has 1 unspecified atom stereocenters. The summed E-state index contributed by atoms with van der Waals surface area (Å²) in [6.07, 6.45) is 2.44. The zero-order valence-electron chi connectivity index (χ0n) is 15.5. The number of rotatable bonds is 6. The highest BCUT2D eigenvalue weighted by Gasteiger charge is 2.21. The molecule has 142 valence electrons. The number of benzene rings is 1. The molecule has 0 aliphatic rings. The molecular weight excluding hydrogens is 384 g/mol. The normalized spacial score (nSPS) is 12.3. The molecular formula is C20H21ClN2O3S. The lowest BCUT2D eigenvalue weighted by Crippen LogP contribution is -2.21. The molecule has 0 fully saturated rings. The fourth-order valence-corrected chi connectivity index (χ4v) is 3.91. The number of fused-ring (bicyclic) bond motifs is 1. The lowest BCUT2D eigenvalue weighted by atomic mass is 10.1. The van der Waals surface area contributed by atoms with Gasteiger partial charge >= 0.3 is 5.97 Å². The van der Waals surface area contributed by atoms with Gasteiger partial charge in [-0.05, 0) is 30.0 Å². The van der Waals surface area contributed by atoms with Gasteiger partial charge in [0.15, 0.2) is 0 Å². The largest absolute Gasteiger partial charge is 0.461 e. The van der Waals surface area contributed by atoms with Crippen molar-refractivity contribution in [1.82, 2.24) is 9.55 Å². The number of halogens is 1. The van der Waals surface area contributed by atoms with Gasteiger partial charge in [-0.15, -0.1) is 11.3 Å². The topological polar surface area (TPSA) is 61.2 Å². The van der Waals surface area contributed by atoms with Crippen LogP contribution in [0.3, 0.4) is 0 Å². The molecule has 1 aromatic carbocycles. The Morgan fingerprint density at radius 2 is 2.11 bits per heavy atom. The van der Waals surface area contributed by atoms with Crippen LogP contribution in [0.4, 0.5) is 0 Å². The average Bonchev–Trinajstić information content (AvgIpc) is 3.00. The lowest BCUT2D eigenvalue weighted by molar-refractivity contribution is 0.0452. The number of hydrogen-bond donors (Lipinski definition) is 0. The van der Waals surface area contributed by atoms with E-state index in [-0.39, 0.29) is 5.56 Å². The standard InChI is InChI=1S/C20H21ClN2O3S/c1-4-12(2)10-26-20(25)17-13(3)16-18(27-17)22-11-23(19(16)24)9-14-7-5-6-8-15(14)21/h5-8,11-12H,4,9-10H2,1-3H3. The Morgan fingerprint density at radius 1 is 1.37 bits per heavy atom. The Morgan fingerprint density at radius 3 is 2.81 bits per heavy atom. The molecule has 3 rings (SSSR count). The lowest BCUT2D eigenvalue weighted by Gasteiger charge is -2.09. The van der Waals surface area contributed by atoms with Gasteiger partial charge in [-0.1, -0.05) is 50.1 Å². The summed E-state index contributed by atoms with van der Waals surface area (Å²) in [5, 5.41) is 1.06. The van der Waals surface area contributed by atoms with Gasteiger partial charge < -0.3 is 4.74 Å². The number of aromatic nitrogens is 2. The summed E-state index contributed by atoms with van der Waals surface area (Å²) in [7, 11) is 0. The van der Waals surface area contributed by atoms with Crippen LogP contribution in [-0.2, 0) is 11.3 Å². The van der Waals surface area contributed by atoms with E-state index in [9.17, 15) is 9.59 Å². The van der Waals surface area contributed by atoms with E-state index in [1.807, 2.05) is 25.1 Å². The molecule has 0 radical (unpaired) electrons. The molecule has 0 spiro atoms. The smallest absolute Gasteiger partial charge is 0.348 e. The van der Waals surface area contributed by atoms with Crippen LogP contribution in [-0.4, -0.2) is 22.1 Å². The van der Waals surface area contributed by atoms with Crippen molar-refractivity contribution in [3.05, 3.63) is 62.0 Å². The van der Waals surface area contributed by atoms with Crippen LogP contribution in [0.25, 0.3) is 10.2 Å². The van der Waals surface area contributed by atoms with E-state index >= 15 is 0 Å². The molecule has 0 aliphatic heterocycles. The minimum atomic E-state index is -0.396. The van der Waals surface area contributed by atoms with E-state index < -0.39 is 5.97 Å². The van der Waals surface area contributed by atoms with Crippen molar-refractivity contribution in [3.63, 3.8) is 0 Å². The average molecular weight is 405 g/mol. The minimum Gasteiger partial charge on any atom is -0.461 e. The van der Waals surface area contributed by atoms with Gasteiger partial charge in [0.25, 0.3) is 5.56 Å². The summed E-state index contributed by atoms with van der Waals surface area (Å²) in [5.41, 5.74) is 1.27. The summed E-state index contributed by atoms with van der Waals surface area (Å²) < 4.78 is 6.90. The molecule has 0 bridgehead atoms. The van der Waals surface area contributed by atoms with Crippen molar-refractivity contribution in [2.24, 2.45) is 5.92 Å². The molecule has 0 aliphatic carbocycles. The summed E-state index contributed by atoms with van der Waals surface area (Å²) in [4.78, 5) is 30.7. The Kier molecular flexibility index (Phi) is 5.97. The fourth-order valence-electron chi connectivity index (χ4n) is 2.68. The first-order chi connectivity index (χ1) is 12.9. The summed E-state index contributed by atoms with van der Waals surface area (Å²) in [5.74, 6) is -0.0949. The Bertz CT molecular complexity index is 1040. The maximum Gasteiger partial charge on any atom is 0.348 e. The van der Waals surface area contributed by atoms with Gasteiger partial charge in [0.1, 0.15) is 9.71 Å². The van der Waals surface area contributed by atoms with E-state index in [2.05, 4.69) is 11.9 Å². The first kappa shape index (κ1) is 19.6. The molecule has 0 saturated heterocycles. The van der Waals surface area contributed by atoms with E-state index in [1.165, 1.54) is 22.2 Å². The molecule has 0 N–H and O–H groups in total. The van der Waals surface area contributed by atoms with Gasteiger partial charge in [0, 0.05) is 5.02 Å². The monoisotopic (exact) mass is 404 g/mol. The second-order valence-electron chi connectivity index (χ2n) is 6.62. The maximum absolute atomic E-state index is 12.9. The van der Waals surface area contributed by atoms with Gasteiger partial charge in [-0.3, -0.25) is 9.36 Å². The molecule has 0 amide bonds. The van der Waals surface area contributed by atoms with E-state index in [4.69, 9.17) is 16.3 Å². The van der Waals surface area contributed by atoms with E-state index in [0.29, 0.717) is 44.7 Å². The van der Waals surface area contributed by atoms with Gasteiger partial charge in [0.05, 0.1) is 24.9 Å². The number of nitrogens with zero attached hydrogens (tertiary/aromatic N) is 2. The van der Waals surface area contributed by atoms with Gasteiger partial charge in [-0.2, -0.15) is 0 Å². The molecule has 2 heterocycles. The quantitative estimate of drug-likeness (QED) is 0.560. The van der Waals surface area contributed by atoms with Crippen molar-refractivity contribution in [2.75, 3.05) is 6.61 Å². The molecule has 2 aromatic heterocycles. The minimum absolute atomic E-state index is 0.186. The van der Waals surface area contributed by atoms with Crippen LogP contribution in [0.5, 0.6) is 0 Å². The van der Waals surface area contributed by atoms with Crippen LogP contribution in [0.1, 0.15) is 41.1 Å². The first-order valence-corrected chi connectivity index (χ1v) is 10.0. The zero-order valence-corrected chi connectivity index (χ0v) is 17.1. The number of hydrogen-bond acceptors (Lipinski definition) is 5. The van der Waals surface area contributed by atoms with Crippen LogP contribution in [0, 0.1) is 12.8 Å².